The topological polar surface area (TPSA) is 81.7 Å². The van der Waals surface area contributed by atoms with E-state index in [1.807, 2.05) is 32.0 Å². The number of rotatable bonds is 8. The van der Waals surface area contributed by atoms with Crippen molar-refractivity contribution in [1.29, 1.82) is 0 Å². The minimum Gasteiger partial charge on any atom is -0.482 e. The Morgan fingerprint density at radius 2 is 1.52 bits per heavy atom. The van der Waals surface area contributed by atoms with Crippen molar-refractivity contribution in [3.8, 4) is 5.75 Å². The van der Waals surface area contributed by atoms with Crippen LogP contribution in [0, 0.1) is 19.8 Å². The molecule has 0 radical (unpaired) electrons. The molecule has 2 aromatic rings. The van der Waals surface area contributed by atoms with Gasteiger partial charge in [0.15, 0.2) is 12.7 Å². The third-order valence-electron chi connectivity index (χ3n) is 4.19. The molecule has 2 aromatic carbocycles. The number of aryl methyl sites for hydroxylation is 2. The molecule has 0 saturated heterocycles. The standard InChI is InChI=1S/C23H27NO5/c1-14(2)23(27)24-19-8-6-18(7-9-19)22(26)17(5)29-21(25)13-28-20-11-15(3)10-16(4)12-20/h6-12,14,17H,13H2,1-5H3,(H,24,27). The Bertz CT molecular complexity index is 866. The van der Waals surface area contributed by atoms with Gasteiger partial charge in [-0.3, -0.25) is 9.59 Å². The van der Waals surface area contributed by atoms with Crippen molar-refractivity contribution in [2.75, 3.05) is 11.9 Å². The molecule has 29 heavy (non-hydrogen) atoms. The molecule has 0 saturated carbocycles. The first kappa shape index (κ1) is 22.1. The molecule has 6 nitrogen and oxygen atoms in total. The van der Waals surface area contributed by atoms with Crippen molar-refractivity contribution in [2.24, 2.45) is 5.92 Å². The summed E-state index contributed by atoms with van der Waals surface area (Å²) >= 11 is 0. The quantitative estimate of drug-likeness (QED) is 0.536. The second kappa shape index (κ2) is 9.87. The largest absolute Gasteiger partial charge is 0.482 e. The third-order valence-corrected chi connectivity index (χ3v) is 4.19. The first-order chi connectivity index (χ1) is 13.7. The SMILES string of the molecule is Cc1cc(C)cc(OCC(=O)OC(C)C(=O)c2ccc(NC(=O)C(C)C)cc2)c1. The van der Waals surface area contributed by atoms with Crippen LogP contribution in [0.3, 0.4) is 0 Å². The number of carbonyl (C=O) groups is 3. The molecule has 0 aliphatic rings. The number of carbonyl (C=O) groups excluding carboxylic acids is 3. The fraction of sp³-hybridized carbons (Fsp3) is 0.348. The van der Waals surface area contributed by atoms with Gasteiger partial charge in [-0.25, -0.2) is 4.79 Å². The molecule has 1 atom stereocenters. The van der Waals surface area contributed by atoms with E-state index in [4.69, 9.17) is 9.47 Å². The molecule has 0 bridgehead atoms. The van der Waals surface area contributed by atoms with Crippen molar-refractivity contribution in [3.63, 3.8) is 0 Å². The van der Waals surface area contributed by atoms with E-state index in [0.717, 1.165) is 11.1 Å². The monoisotopic (exact) mass is 397 g/mol. The average Bonchev–Trinajstić information content (AvgIpc) is 2.65. The molecule has 1 amide bonds. The summed E-state index contributed by atoms with van der Waals surface area (Å²) in [5.74, 6) is -0.605. The van der Waals surface area contributed by atoms with Crippen molar-refractivity contribution in [2.45, 2.75) is 40.7 Å². The highest BCUT2D eigenvalue weighted by Gasteiger charge is 2.20. The lowest BCUT2D eigenvalue weighted by atomic mass is 10.1. The van der Waals surface area contributed by atoms with Gasteiger partial charge in [0.25, 0.3) is 0 Å². The Morgan fingerprint density at radius 1 is 0.931 bits per heavy atom. The number of hydrogen-bond acceptors (Lipinski definition) is 5. The van der Waals surface area contributed by atoms with Crippen LogP contribution in [0.4, 0.5) is 5.69 Å². The summed E-state index contributed by atoms with van der Waals surface area (Å²) in [6.45, 7) is 8.73. The van der Waals surface area contributed by atoms with Gasteiger partial charge >= 0.3 is 5.97 Å². The highest BCUT2D eigenvalue weighted by molar-refractivity contribution is 6.01. The summed E-state index contributed by atoms with van der Waals surface area (Å²) < 4.78 is 10.7. The smallest absolute Gasteiger partial charge is 0.344 e. The number of hydrogen-bond donors (Lipinski definition) is 1. The minimum absolute atomic E-state index is 0.102. The molecule has 2 rings (SSSR count). The van der Waals surface area contributed by atoms with E-state index in [0.29, 0.717) is 17.0 Å². The highest BCUT2D eigenvalue weighted by Crippen LogP contribution is 2.17. The summed E-state index contributed by atoms with van der Waals surface area (Å²) in [6, 6.07) is 12.1. The zero-order valence-electron chi connectivity index (χ0n) is 17.4. The zero-order chi connectivity index (χ0) is 21.6. The molecule has 0 aromatic heterocycles. The fourth-order valence-corrected chi connectivity index (χ4v) is 2.68. The normalized spacial score (nSPS) is 11.7. The van der Waals surface area contributed by atoms with Gasteiger partial charge in [0.05, 0.1) is 0 Å². The maximum Gasteiger partial charge on any atom is 0.344 e. The van der Waals surface area contributed by atoms with Gasteiger partial charge in [0.1, 0.15) is 5.75 Å². The maximum absolute atomic E-state index is 12.5. The lowest BCUT2D eigenvalue weighted by Gasteiger charge is -2.14. The van der Waals surface area contributed by atoms with Gasteiger partial charge in [0, 0.05) is 17.2 Å². The number of amides is 1. The predicted molar refractivity (Wildman–Crippen MR) is 111 cm³/mol. The van der Waals surface area contributed by atoms with Crippen molar-refractivity contribution >= 4 is 23.3 Å². The van der Waals surface area contributed by atoms with Crippen LogP contribution in [0.25, 0.3) is 0 Å². The molecule has 1 unspecified atom stereocenters. The predicted octanol–water partition coefficient (Wildman–Crippen LogP) is 4.09. The van der Waals surface area contributed by atoms with Gasteiger partial charge in [-0.05, 0) is 68.3 Å². The van der Waals surface area contributed by atoms with E-state index in [1.54, 1.807) is 38.1 Å². The summed E-state index contributed by atoms with van der Waals surface area (Å²) in [5, 5.41) is 2.76. The summed E-state index contributed by atoms with van der Waals surface area (Å²) in [7, 11) is 0. The first-order valence-corrected chi connectivity index (χ1v) is 9.51. The molecular formula is C23H27NO5. The van der Waals surface area contributed by atoms with E-state index in [1.165, 1.54) is 6.92 Å². The van der Waals surface area contributed by atoms with Crippen molar-refractivity contribution in [3.05, 3.63) is 59.2 Å². The van der Waals surface area contributed by atoms with Crippen molar-refractivity contribution < 1.29 is 23.9 Å². The summed E-state index contributed by atoms with van der Waals surface area (Å²) in [5.41, 5.74) is 3.06. The number of esters is 1. The molecular weight excluding hydrogens is 370 g/mol. The average molecular weight is 397 g/mol. The molecule has 154 valence electrons. The van der Waals surface area contributed by atoms with E-state index < -0.39 is 12.1 Å². The minimum atomic E-state index is -0.943. The van der Waals surface area contributed by atoms with Gasteiger partial charge < -0.3 is 14.8 Å². The van der Waals surface area contributed by atoms with Crippen LogP contribution >= 0.6 is 0 Å². The zero-order valence-corrected chi connectivity index (χ0v) is 17.4. The lowest BCUT2D eigenvalue weighted by molar-refractivity contribution is -0.148. The molecule has 0 spiro atoms. The number of ether oxygens (including phenoxy) is 2. The number of benzene rings is 2. The molecule has 0 aliphatic heterocycles. The third kappa shape index (κ3) is 6.75. The van der Waals surface area contributed by atoms with Crippen LogP contribution < -0.4 is 10.1 Å². The van der Waals surface area contributed by atoms with E-state index >= 15 is 0 Å². The fourth-order valence-electron chi connectivity index (χ4n) is 2.68. The molecule has 1 N–H and O–H groups in total. The molecule has 0 heterocycles. The van der Waals surface area contributed by atoms with E-state index in [9.17, 15) is 14.4 Å². The van der Waals surface area contributed by atoms with Gasteiger partial charge in [-0.1, -0.05) is 19.9 Å². The second-order valence-corrected chi connectivity index (χ2v) is 7.33. The van der Waals surface area contributed by atoms with E-state index in [-0.39, 0.29) is 24.2 Å². The second-order valence-electron chi connectivity index (χ2n) is 7.33. The van der Waals surface area contributed by atoms with Gasteiger partial charge in [-0.15, -0.1) is 0 Å². The Hall–Kier alpha value is -3.15. The summed E-state index contributed by atoms with van der Waals surface area (Å²) in [6.07, 6.45) is -0.943. The Morgan fingerprint density at radius 3 is 2.07 bits per heavy atom. The van der Waals surface area contributed by atoms with Crippen molar-refractivity contribution in [1.82, 2.24) is 0 Å². The Balaban J connectivity index is 1.89. The van der Waals surface area contributed by atoms with Crippen LogP contribution in [-0.4, -0.2) is 30.4 Å². The van der Waals surface area contributed by atoms with Crippen LogP contribution in [0.5, 0.6) is 5.75 Å². The number of Topliss-reactive ketones (excluding diaryl/α,β-unsaturated/α-hetero) is 1. The Kier molecular flexibility index (Phi) is 7.53. The maximum atomic E-state index is 12.5. The lowest BCUT2D eigenvalue weighted by Crippen LogP contribution is -2.27. The molecule has 0 fully saturated rings. The van der Waals surface area contributed by atoms with Crippen LogP contribution in [-0.2, 0) is 14.3 Å². The molecule has 0 aliphatic carbocycles. The number of ketones is 1. The van der Waals surface area contributed by atoms with E-state index in [2.05, 4.69) is 5.32 Å². The Labute approximate surface area is 171 Å². The highest BCUT2D eigenvalue weighted by atomic mass is 16.6. The van der Waals surface area contributed by atoms with Gasteiger partial charge in [0.2, 0.25) is 11.7 Å². The van der Waals surface area contributed by atoms with Gasteiger partial charge in [-0.2, -0.15) is 0 Å². The molecule has 6 heteroatoms. The summed E-state index contributed by atoms with van der Waals surface area (Å²) in [4.78, 5) is 36.2. The first-order valence-electron chi connectivity index (χ1n) is 9.51. The van der Waals surface area contributed by atoms with Crippen LogP contribution in [0.1, 0.15) is 42.3 Å². The number of nitrogens with one attached hydrogen (secondary N) is 1. The van der Waals surface area contributed by atoms with Crippen LogP contribution in [0.2, 0.25) is 0 Å². The number of anilines is 1. The van der Waals surface area contributed by atoms with Crippen LogP contribution in [0.15, 0.2) is 42.5 Å².